The molecule has 0 unspecified atom stereocenters. The number of hydrogen-bond acceptors (Lipinski definition) is 3. The third-order valence-electron chi connectivity index (χ3n) is 4.44. The molecule has 21 heavy (non-hydrogen) atoms. The number of aromatic amines is 1. The number of H-pyrrole nitrogens is 1. The minimum absolute atomic E-state index is 0.354. The highest BCUT2D eigenvalue weighted by atomic mass is 32.2. The lowest BCUT2D eigenvalue weighted by molar-refractivity contribution is 0.269. The molecule has 1 fully saturated rings. The summed E-state index contributed by atoms with van der Waals surface area (Å²) in [6.45, 7) is 3.39. The number of benzene rings is 1. The third-order valence-corrected chi connectivity index (χ3v) is 6.38. The normalized spacial score (nSPS) is 18.3. The lowest BCUT2D eigenvalue weighted by Crippen LogP contribution is -2.38. The standard InChI is InChI=1S/C15H21N3O2S/c1-2-11-5-7-18(8-6-11)21(19,20)15-10-17-14-9-12(16)3-4-13(14)15/h3-4,9-11,17H,2,5-8,16H2,1H3. The zero-order valence-corrected chi connectivity index (χ0v) is 13.0. The Bertz CT molecular complexity index is 743. The first-order valence-electron chi connectivity index (χ1n) is 7.39. The molecular weight excluding hydrogens is 286 g/mol. The number of nitrogen functional groups attached to an aromatic ring is 1. The number of fused-ring (bicyclic) bond motifs is 1. The predicted molar refractivity (Wildman–Crippen MR) is 84.5 cm³/mol. The Morgan fingerprint density at radius 2 is 2.05 bits per heavy atom. The van der Waals surface area contributed by atoms with Crippen LogP contribution in [0.2, 0.25) is 0 Å². The Labute approximate surface area is 125 Å². The van der Waals surface area contributed by atoms with E-state index < -0.39 is 10.0 Å². The molecule has 0 aliphatic carbocycles. The Morgan fingerprint density at radius 3 is 2.71 bits per heavy atom. The predicted octanol–water partition coefficient (Wildman–Crippen LogP) is 2.56. The molecule has 2 heterocycles. The number of hydrogen-bond donors (Lipinski definition) is 2. The van der Waals surface area contributed by atoms with Crippen molar-refractivity contribution in [3.05, 3.63) is 24.4 Å². The molecule has 1 aliphatic rings. The number of rotatable bonds is 3. The molecule has 0 atom stereocenters. The fourth-order valence-electron chi connectivity index (χ4n) is 3.03. The lowest BCUT2D eigenvalue weighted by Gasteiger charge is -2.30. The van der Waals surface area contributed by atoms with Gasteiger partial charge in [-0.1, -0.05) is 13.3 Å². The van der Waals surface area contributed by atoms with Gasteiger partial charge in [-0.2, -0.15) is 4.31 Å². The molecule has 114 valence electrons. The molecule has 2 aromatic rings. The van der Waals surface area contributed by atoms with Gasteiger partial charge in [0.2, 0.25) is 10.0 Å². The SMILES string of the molecule is CCC1CCN(S(=O)(=O)c2c[nH]c3cc(N)ccc23)CC1. The van der Waals surface area contributed by atoms with Crippen molar-refractivity contribution >= 4 is 26.6 Å². The molecule has 0 spiro atoms. The highest BCUT2D eigenvalue weighted by molar-refractivity contribution is 7.89. The fraction of sp³-hybridized carbons (Fsp3) is 0.467. The van der Waals surface area contributed by atoms with Crippen LogP contribution in [0.25, 0.3) is 10.9 Å². The monoisotopic (exact) mass is 307 g/mol. The van der Waals surface area contributed by atoms with Gasteiger partial charge in [-0.3, -0.25) is 0 Å². The van der Waals surface area contributed by atoms with Crippen LogP contribution in [-0.2, 0) is 10.0 Å². The number of piperidine rings is 1. The smallest absolute Gasteiger partial charge is 0.245 e. The van der Waals surface area contributed by atoms with E-state index in [0.29, 0.717) is 35.0 Å². The van der Waals surface area contributed by atoms with Crippen molar-refractivity contribution < 1.29 is 8.42 Å². The summed E-state index contributed by atoms with van der Waals surface area (Å²) in [6.07, 6.45) is 4.60. The van der Waals surface area contributed by atoms with Crippen LogP contribution in [0, 0.1) is 5.92 Å². The van der Waals surface area contributed by atoms with Crippen molar-refractivity contribution in [3.63, 3.8) is 0 Å². The second kappa shape index (κ2) is 5.35. The fourth-order valence-corrected chi connectivity index (χ4v) is 4.66. The van der Waals surface area contributed by atoms with E-state index in [4.69, 9.17) is 5.73 Å². The van der Waals surface area contributed by atoms with Crippen LogP contribution >= 0.6 is 0 Å². The summed E-state index contributed by atoms with van der Waals surface area (Å²) in [4.78, 5) is 3.36. The van der Waals surface area contributed by atoms with Crippen LogP contribution in [-0.4, -0.2) is 30.8 Å². The molecule has 1 aliphatic heterocycles. The van der Waals surface area contributed by atoms with E-state index in [1.165, 1.54) is 0 Å². The topological polar surface area (TPSA) is 79.2 Å². The summed E-state index contributed by atoms with van der Waals surface area (Å²) >= 11 is 0. The van der Waals surface area contributed by atoms with Crippen LogP contribution in [0.15, 0.2) is 29.3 Å². The van der Waals surface area contributed by atoms with E-state index in [2.05, 4.69) is 11.9 Å². The molecule has 0 radical (unpaired) electrons. The van der Waals surface area contributed by atoms with E-state index >= 15 is 0 Å². The Balaban J connectivity index is 1.94. The van der Waals surface area contributed by atoms with Gasteiger partial charge in [-0.25, -0.2) is 8.42 Å². The van der Waals surface area contributed by atoms with Crippen LogP contribution in [0.5, 0.6) is 0 Å². The van der Waals surface area contributed by atoms with E-state index in [-0.39, 0.29) is 0 Å². The third kappa shape index (κ3) is 2.53. The molecule has 3 N–H and O–H groups in total. The van der Waals surface area contributed by atoms with Gasteiger partial charge in [0.1, 0.15) is 4.90 Å². The summed E-state index contributed by atoms with van der Waals surface area (Å²) in [5.41, 5.74) is 7.12. The van der Waals surface area contributed by atoms with Gasteiger partial charge in [-0.15, -0.1) is 0 Å². The number of sulfonamides is 1. The summed E-state index contributed by atoms with van der Waals surface area (Å²) in [5, 5.41) is 0.710. The summed E-state index contributed by atoms with van der Waals surface area (Å²) < 4.78 is 27.2. The van der Waals surface area contributed by atoms with Gasteiger partial charge >= 0.3 is 0 Å². The van der Waals surface area contributed by atoms with Gasteiger partial charge < -0.3 is 10.7 Å². The molecule has 0 bridgehead atoms. The highest BCUT2D eigenvalue weighted by Crippen LogP contribution is 2.30. The second-order valence-corrected chi connectivity index (χ2v) is 7.62. The molecule has 1 saturated heterocycles. The maximum absolute atomic E-state index is 12.8. The van der Waals surface area contributed by atoms with Crippen molar-refractivity contribution in [2.75, 3.05) is 18.8 Å². The molecule has 0 amide bonds. The van der Waals surface area contributed by atoms with E-state index in [0.717, 1.165) is 24.8 Å². The molecule has 1 aromatic carbocycles. The minimum Gasteiger partial charge on any atom is -0.399 e. The first-order valence-corrected chi connectivity index (χ1v) is 8.83. The van der Waals surface area contributed by atoms with Crippen LogP contribution in [0.4, 0.5) is 5.69 Å². The van der Waals surface area contributed by atoms with Crippen molar-refractivity contribution in [1.82, 2.24) is 9.29 Å². The van der Waals surface area contributed by atoms with Crippen LogP contribution in [0.1, 0.15) is 26.2 Å². The molecular formula is C15H21N3O2S. The number of nitrogens with two attached hydrogens (primary N) is 1. The van der Waals surface area contributed by atoms with Gasteiger partial charge in [0.05, 0.1) is 0 Å². The van der Waals surface area contributed by atoms with Crippen molar-refractivity contribution in [2.24, 2.45) is 5.92 Å². The zero-order valence-electron chi connectivity index (χ0n) is 12.2. The molecule has 6 heteroatoms. The zero-order chi connectivity index (χ0) is 15.0. The van der Waals surface area contributed by atoms with Gasteiger partial charge in [0, 0.05) is 35.9 Å². The van der Waals surface area contributed by atoms with Gasteiger partial charge in [0.25, 0.3) is 0 Å². The summed E-state index contributed by atoms with van der Waals surface area (Å²) in [7, 11) is -3.43. The molecule has 1 aromatic heterocycles. The van der Waals surface area contributed by atoms with Gasteiger partial charge in [-0.05, 0) is 37.0 Å². The van der Waals surface area contributed by atoms with E-state index in [9.17, 15) is 8.42 Å². The first kappa shape index (κ1) is 14.4. The number of anilines is 1. The number of aromatic nitrogens is 1. The largest absolute Gasteiger partial charge is 0.399 e. The second-order valence-electron chi connectivity index (χ2n) is 5.71. The minimum atomic E-state index is -3.43. The first-order chi connectivity index (χ1) is 10.0. The van der Waals surface area contributed by atoms with Crippen molar-refractivity contribution in [2.45, 2.75) is 31.1 Å². The van der Waals surface area contributed by atoms with Crippen molar-refractivity contribution in [1.29, 1.82) is 0 Å². The Kier molecular flexibility index (Phi) is 3.67. The van der Waals surface area contributed by atoms with Gasteiger partial charge in [0.15, 0.2) is 0 Å². The van der Waals surface area contributed by atoms with E-state index in [1.54, 1.807) is 28.7 Å². The Hall–Kier alpha value is -1.53. The number of nitrogens with zero attached hydrogens (tertiary/aromatic N) is 1. The molecule has 5 nitrogen and oxygen atoms in total. The highest BCUT2D eigenvalue weighted by Gasteiger charge is 2.30. The summed E-state index contributed by atoms with van der Waals surface area (Å²) in [5.74, 6) is 0.652. The summed E-state index contributed by atoms with van der Waals surface area (Å²) in [6, 6.07) is 5.27. The number of nitrogens with one attached hydrogen (secondary N) is 1. The lowest BCUT2D eigenvalue weighted by atomic mass is 9.96. The van der Waals surface area contributed by atoms with Crippen LogP contribution < -0.4 is 5.73 Å². The Morgan fingerprint density at radius 1 is 1.33 bits per heavy atom. The van der Waals surface area contributed by atoms with Crippen LogP contribution in [0.3, 0.4) is 0 Å². The van der Waals surface area contributed by atoms with Crippen molar-refractivity contribution in [3.8, 4) is 0 Å². The maximum Gasteiger partial charge on any atom is 0.245 e. The van der Waals surface area contributed by atoms with E-state index in [1.807, 2.05) is 0 Å². The maximum atomic E-state index is 12.8. The quantitative estimate of drug-likeness (QED) is 0.855. The average molecular weight is 307 g/mol. The molecule has 0 saturated carbocycles. The average Bonchev–Trinajstić information content (AvgIpc) is 2.91. The molecule has 3 rings (SSSR count).